The van der Waals surface area contributed by atoms with Crippen molar-refractivity contribution in [3.8, 4) is 0 Å². The van der Waals surface area contributed by atoms with E-state index in [2.05, 4.69) is 15.6 Å². The molecule has 0 aromatic heterocycles. The number of carbonyl (C=O) groups excluding carboxylic acids is 4. The van der Waals surface area contributed by atoms with Gasteiger partial charge in [0.15, 0.2) is 5.78 Å². The van der Waals surface area contributed by atoms with Gasteiger partial charge < -0.3 is 24.8 Å². The normalized spacial score (nSPS) is 13.5. The summed E-state index contributed by atoms with van der Waals surface area (Å²) in [6.07, 6.45) is -0.973. The molecule has 0 saturated heterocycles. The van der Waals surface area contributed by atoms with Crippen LogP contribution >= 0.6 is 0 Å². The number of ketones is 1. The van der Waals surface area contributed by atoms with Crippen LogP contribution in [-0.2, 0) is 28.6 Å². The summed E-state index contributed by atoms with van der Waals surface area (Å²) in [6.45, 7) is 8.40. The number of nitrogens with zero attached hydrogens (tertiary/aromatic N) is 1. The molecule has 0 spiro atoms. The van der Waals surface area contributed by atoms with Crippen LogP contribution in [0.25, 0.3) is 0 Å². The fraction of sp³-hybridized carbons (Fsp3) is 0.722. The van der Waals surface area contributed by atoms with Crippen LogP contribution in [0.4, 0.5) is 4.79 Å². The Bertz CT molecular complexity index is 570. The van der Waals surface area contributed by atoms with Gasteiger partial charge in [0.1, 0.15) is 6.04 Å². The van der Waals surface area contributed by atoms with Gasteiger partial charge >= 0.3 is 18.0 Å². The summed E-state index contributed by atoms with van der Waals surface area (Å²) in [4.78, 5) is 51.4. The molecule has 0 saturated carbocycles. The highest BCUT2D eigenvalue weighted by molar-refractivity contribution is 6.27. The zero-order valence-electron chi connectivity index (χ0n) is 17.4. The van der Waals surface area contributed by atoms with Crippen LogP contribution in [0.5, 0.6) is 0 Å². The molecule has 0 rings (SSSR count). The van der Waals surface area contributed by atoms with E-state index in [-0.39, 0.29) is 25.2 Å². The number of hydrogen-bond donors (Lipinski definition) is 2. The van der Waals surface area contributed by atoms with Gasteiger partial charge in [0.05, 0.1) is 24.9 Å². The van der Waals surface area contributed by atoms with E-state index >= 15 is 0 Å². The quantitative estimate of drug-likeness (QED) is 0.300. The lowest BCUT2D eigenvalue weighted by atomic mass is 9.97. The Morgan fingerprint density at radius 3 is 2.32 bits per heavy atom. The molecule has 10 heteroatoms. The highest BCUT2D eigenvalue weighted by Gasteiger charge is 2.28. The molecule has 160 valence electrons. The number of amides is 1. The highest BCUT2D eigenvalue weighted by Crippen LogP contribution is 2.16. The first-order valence-corrected chi connectivity index (χ1v) is 9.03. The SMILES string of the molecule is CCOC(=O)C(CCC(=O)/C=N\CNC)NC(=O)OC(C)OC(=O)C(C)(C)C. The lowest BCUT2D eigenvalue weighted by Gasteiger charge is -2.22. The molecule has 0 aromatic rings. The minimum atomic E-state index is -1.15. The summed E-state index contributed by atoms with van der Waals surface area (Å²) in [6, 6.07) is -1.08. The summed E-state index contributed by atoms with van der Waals surface area (Å²) in [5.74, 6) is -1.54. The monoisotopic (exact) mass is 401 g/mol. The molecule has 1 amide bonds. The number of nitrogens with one attached hydrogen (secondary N) is 2. The second kappa shape index (κ2) is 12.8. The van der Waals surface area contributed by atoms with E-state index in [0.717, 1.165) is 6.21 Å². The van der Waals surface area contributed by atoms with Crippen molar-refractivity contribution in [1.29, 1.82) is 0 Å². The van der Waals surface area contributed by atoms with Crippen molar-refractivity contribution in [3.05, 3.63) is 0 Å². The summed E-state index contributed by atoms with van der Waals surface area (Å²) in [5.41, 5.74) is -0.753. The molecule has 28 heavy (non-hydrogen) atoms. The van der Waals surface area contributed by atoms with Crippen molar-refractivity contribution in [2.24, 2.45) is 10.4 Å². The van der Waals surface area contributed by atoms with E-state index in [1.165, 1.54) is 6.92 Å². The highest BCUT2D eigenvalue weighted by atomic mass is 16.7. The Labute approximate surface area is 165 Å². The first kappa shape index (κ1) is 25.5. The summed E-state index contributed by atoms with van der Waals surface area (Å²) in [7, 11) is 1.69. The van der Waals surface area contributed by atoms with Crippen LogP contribution in [0.2, 0.25) is 0 Å². The fourth-order valence-corrected chi connectivity index (χ4v) is 1.76. The maximum absolute atomic E-state index is 12.0. The van der Waals surface area contributed by atoms with E-state index in [1.54, 1.807) is 34.7 Å². The molecular formula is C18H31N3O7. The second-order valence-corrected chi connectivity index (χ2v) is 6.91. The lowest BCUT2D eigenvalue weighted by Crippen LogP contribution is -2.44. The van der Waals surface area contributed by atoms with Gasteiger partial charge in [0.2, 0.25) is 6.29 Å². The Kier molecular flexibility index (Phi) is 11.7. The average Bonchev–Trinajstić information content (AvgIpc) is 2.57. The largest absolute Gasteiger partial charge is 0.464 e. The average molecular weight is 401 g/mol. The predicted octanol–water partition coefficient (Wildman–Crippen LogP) is 1.18. The molecule has 0 aliphatic heterocycles. The Balaban J connectivity index is 4.73. The van der Waals surface area contributed by atoms with Crippen molar-refractivity contribution >= 4 is 30.0 Å². The smallest absolute Gasteiger partial charge is 0.410 e. The summed E-state index contributed by atoms with van der Waals surface area (Å²) >= 11 is 0. The molecule has 0 radical (unpaired) electrons. The van der Waals surface area contributed by atoms with Gasteiger partial charge in [-0.25, -0.2) is 9.59 Å². The van der Waals surface area contributed by atoms with Crippen LogP contribution < -0.4 is 10.6 Å². The molecule has 0 heterocycles. The van der Waals surface area contributed by atoms with Gasteiger partial charge in [0.25, 0.3) is 0 Å². The summed E-state index contributed by atoms with van der Waals surface area (Å²) in [5, 5.41) is 5.09. The standard InChI is InChI=1S/C18H31N3O7/c1-7-26-15(23)14(9-8-13(22)10-20-11-19-6)21-17(25)28-12(2)27-16(24)18(3,4)5/h10,12,14,19H,7-9,11H2,1-6H3,(H,21,25)/b20-10-. The van der Waals surface area contributed by atoms with Gasteiger partial charge in [-0.05, 0) is 41.2 Å². The van der Waals surface area contributed by atoms with E-state index in [1.807, 2.05) is 0 Å². The zero-order chi connectivity index (χ0) is 21.7. The Morgan fingerprint density at radius 2 is 1.79 bits per heavy atom. The van der Waals surface area contributed by atoms with Crippen molar-refractivity contribution in [3.63, 3.8) is 0 Å². The topological polar surface area (TPSA) is 132 Å². The number of rotatable bonds is 11. The predicted molar refractivity (Wildman–Crippen MR) is 102 cm³/mol. The van der Waals surface area contributed by atoms with Gasteiger partial charge in [-0.1, -0.05) is 0 Å². The van der Waals surface area contributed by atoms with Gasteiger partial charge in [-0.15, -0.1) is 0 Å². The Hall–Kier alpha value is -2.49. The van der Waals surface area contributed by atoms with Crippen LogP contribution in [0.3, 0.4) is 0 Å². The molecule has 0 bridgehead atoms. The van der Waals surface area contributed by atoms with Crippen molar-refractivity contribution in [2.45, 2.75) is 59.8 Å². The molecule has 0 aliphatic rings. The summed E-state index contributed by atoms with van der Waals surface area (Å²) < 4.78 is 14.9. The number of Topliss-reactive ketones (excluding diaryl/α,β-unsaturated/α-hetero) is 1. The number of carbonyl (C=O) groups is 4. The first-order valence-electron chi connectivity index (χ1n) is 9.03. The molecule has 0 aliphatic carbocycles. The van der Waals surface area contributed by atoms with Gasteiger partial charge in [0, 0.05) is 13.3 Å². The molecule has 0 fully saturated rings. The number of alkyl carbamates (subject to hydrolysis) is 1. The van der Waals surface area contributed by atoms with E-state index in [4.69, 9.17) is 14.2 Å². The van der Waals surface area contributed by atoms with Crippen molar-refractivity contribution < 1.29 is 33.4 Å². The van der Waals surface area contributed by atoms with Crippen LogP contribution in [0.1, 0.15) is 47.5 Å². The van der Waals surface area contributed by atoms with Crippen LogP contribution in [-0.4, -0.2) is 62.7 Å². The van der Waals surface area contributed by atoms with E-state index in [9.17, 15) is 19.2 Å². The third-order valence-corrected chi connectivity index (χ3v) is 3.19. The third kappa shape index (κ3) is 11.3. The minimum Gasteiger partial charge on any atom is -0.464 e. The molecule has 10 nitrogen and oxygen atoms in total. The molecular weight excluding hydrogens is 370 g/mol. The number of esters is 2. The molecule has 0 aromatic carbocycles. The maximum Gasteiger partial charge on any atom is 0.410 e. The second-order valence-electron chi connectivity index (χ2n) is 6.91. The van der Waals surface area contributed by atoms with Crippen molar-refractivity contribution in [2.75, 3.05) is 20.3 Å². The van der Waals surface area contributed by atoms with Crippen LogP contribution in [0, 0.1) is 5.41 Å². The number of ether oxygens (including phenoxy) is 3. The fourth-order valence-electron chi connectivity index (χ4n) is 1.76. The number of hydrogen-bond acceptors (Lipinski definition) is 9. The first-order chi connectivity index (χ1) is 13.0. The van der Waals surface area contributed by atoms with E-state index in [0.29, 0.717) is 6.67 Å². The van der Waals surface area contributed by atoms with Gasteiger partial charge in [-0.3, -0.25) is 14.6 Å². The zero-order valence-corrected chi connectivity index (χ0v) is 17.4. The Morgan fingerprint density at radius 1 is 1.14 bits per heavy atom. The third-order valence-electron chi connectivity index (χ3n) is 3.19. The molecule has 2 unspecified atom stereocenters. The van der Waals surface area contributed by atoms with E-state index < -0.39 is 35.8 Å². The number of aliphatic imine (C=N–C) groups is 1. The van der Waals surface area contributed by atoms with Crippen LogP contribution in [0.15, 0.2) is 4.99 Å². The van der Waals surface area contributed by atoms with Crippen molar-refractivity contribution in [1.82, 2.24) is 10.6 Å². The minimum absolute atomic E-state index is 0.00843. The molecule has 2 atom stereocenters. The maximum atomic E-state index is 12.0. The molecule has 2 N–H and O–H groups in total. The lowest BCUT2D eigenvalue weighted by molar-refractivity contribution is -0.174. The van der Waals surface area contributed by atoms with Gasteiger partial charge in [-0.2, -0.15) is 0 Å².